The Bertz CT molecular complexity index is 534. The van der Waals surface area contributed by atoms with Crippen molar-refractivity contribution in [3.63, 3.8) is 0 Å². The van der Waals surface area contributed by atoms with E-state index in [1.165, 1.54) is 5.56 Å². The van der Waals surface area contributed by atoms with Gasteiger partial charge >= 0.3 is 0 Å². The van der Waals surface area contributed by atoms with E-state index in [1.807, 2.05) is 60.3 Å². The lowest BCUT2D eigenvalue weighted by atomic mass is 10.0. The van der Waals surface area contributed by atoms with E-state index in [1.54, 1.807) is 0 Å². The molecule has 0 saturated heterocycles. The molecular weight excluding hydrogens is 264 g/mol. The zero-order valence-electron chi connectivity index (χ0n) is 12.0. The van der Waals surface area contributed by atoms with Crippen molar-refractivity contribution in [2.24, 2.45) is 0 Å². The SMILES string of the molecule is CC(C)S[C@H](CC(=O)c1ccccc1)c1ccccc1. The highest BCUT2D eigenvalue weighted by Gasteiger charge is 2.18. The molecule has 0 radical (unpaired) electrons. The predicted octanol–water partition coefficient (Wildman–Crippen LogP) is 5.14. The van der Waals surface area contributed by atoms with E-state index in [9.17, 15) is 4.79 Å². The van der Waals surface area contributed by atoms with Crippen molar-refractivity contribution in [3.8, 4) is 0 Å². The second-order valence-electron chi connectivity index (χ2n) is 5.08. The van der Waals surface area contributed by atoms with Crippen LogP contribution in [0, 0.1) is 0 Å². The molecule has 0 saturated carbocycles. The standard InChI is InChI=1S/C18H20OS/c1-14(2)20-18(16-11-7-4-8-12-16)13-17(19)15-9-5-3-6-10-15/h3-12,14,18H,13H2,1-2H3/t18-/m1/s1. The van der Waals surface area contributed by atoms with Crippen LogP contribution in [0.1, 0.15) is 41.4 Å². The predicted molar refractivity (Wildman–Crippen MR) is 87.3 cm³/mol. The minimum atomic E-state index is 0.215. The summed E-state index contributed by atoms with van der Waals surface area (Å²) in [5, 5.41) is 0.729. The smallest absolute Gasteiger partial charge is 0.164 e. The average molecular weight is 284 g/mol. The zero-order chi connectivity index (χ0) is 14.4. The minimum Gasteiger partial charge on any atom is -0.294 e. The van der Waals surface area contributed by atoms with Gasteiger partial charge in [-0.3, -0.25) is 4.79 Å². The molecule has 0 spiro atoms. The van der Waals surface area contributed by atoms with Crippen LogP contribution in [0.15, 0.2) is 60.7 Å². The van der Waals surface area contributed by atoms with Crippen LogP contribution in [0.2, 0.25) is 0 Å². The summed E-state index contributed by atoms with van der Waals surface area (Å²) in [6.07, 6.45) is 0.552. The lowest BCUT2D eigenvalue weighted by Crippen LogP contribution is -2.07. The first-order valence-electron chi connectivity index (χ1n) is 6.95. The molecule has 0 bridgehead atoms. The molecule has 0 aliphatic rings. The van der Waals surface area contributed by atoms with E-state index in [4.69, 9.17) is 0 Å². The van der Waals surface area contributed by atoms with Crippen molar-refractivity contribution in [2.75, 3.05) is 0 Å². The summed E-state index contributed by atoms with van der Waals surface area (Å²) in [6, 6.07) is 19.9. The fourth-order valence-electron chi connectivity index (χ4n) is 2.15. The molecular formula is C18H20OS. The van der Waals surface area contributed by atoms with Gasteiger partial charge in [-0.1, -0.05) is 74.5 Å². The van der Waals surface area contributed by atoms with Gasteiger partial charge in [-0.05, 0) is 10.8 Å². The zero-order valence-corrected chi connectivity index (χ0v) is 12.8. The van der Waals surface area contributed by atoms with E-state index < -0.39 is 0 Å². The molecule has 2 aromatic carbocycles. The van der Waals surface area contributed by atoms with E-state index in [0.29, 0.717) is 11.7 Å². The third-order valence-electron chi connectivity index (χ3n) is 3.07. The van der Waals surface area contributed by atoms with Crippen LogP contribution in [-0.4, -0.2) is 11.0 Å². The molecule has 0 aliphatic carbocycles. The fraction of sp³-hybridized carbons (Fsp3) is 0.278. The fourth-order valence-corrected chi connectivity index (χ4v) is 3.37. The van der Waals surface area contributed by atoms with E-state index in [2.05, 4.69) is 26.0 Å². The molecule has 20 heavy (non-hydrogen) atoms. The summed E-state index contributed by atoms with van der Waals surface area (Å²) in [4.78, 5) is 12.4. The molecule has 0 heterocycles. The number of hydrogen-bond acceptors (Lipinski definition) is 2. The largest absolute Gasteiger partial charge is 0.294 e. The summed E-state index contributed by atoms with van der Waals surface area (Å²) < 4.78 is 0. The first-order chi connectivity index (χ1) is 9.66. The van der Waals surface area contributed by atoms with Gasteiger partial charge in [0.05, 0.1) is 0 Å². The number of carbonyl (C=O) groups excluding carboxylic acids is 1. The lowest BCUT2D eigenvalue weighted by molar-refractivity contribution is 0.0982. The molecule has 104 valence electrons. The van der Waals surface area contributed by atoms with Crippen LogP contribution in [0.3, 0.4) is 0 Å². The number of thioether (sulfide) groups is 1. The summed E-state index contributed by atoms with van der Waals surface area (Å²) in [6.45, 7) is 4.35. The Morgan fingerprint density at radius 1 is 0.950 bits per heavy atom. The van der Waals surface area contributed by atoms with Gasteiger partial charge in [0.2, 0.25) is 0 Å². The molecule has 0 aromatic heterocycles. The van der Waals surface area contributed by atoms with Crippen molar-refractivity contribution in [1.82, 2.24) is 0 Å². The third-order valence-corrected chi connectivity index (χ3v) is 4.39. The highest BCUT2D eigenvalue weighted by molar-refractivity contribution is 8.00. The first kappa shape index (κ1) is 14.9. The summed E-state index contributed by atoms with van der Waals surface area (Å²) >= 11 is 1.85. The van der Waals surface area contributed by atoms with Crippen LogP contribution in [-0.2, 0) is 0 Å². The minimum absolute atomic E-state index is 0.215. The van der Waals surface area contributed by atoms with Gasteiger partial charge in [0.15, 0.2) is 5.78 Å². The van der Waals surface area contributed by atoms with Crippen LogP contribution in [0.25, 0.3) is 0 Å². The molecule has 1 atom stereocenters. The molecule has 2 aromatic rings. The topological polar surface area (TPSA) is 17.1 Å². The Morgan fingerprint density at radius 3 is 2.05 bits per heavy atom. The second-order valence-corrected chi connectivity index (χ2v) is 6.86. The van der Waals surface area contributed by atoms with Gasteiger partial charge in [-0.15, -0.1) is 0 Å². The molecule has 1 nitrogen and oxygen atoms in total. The van der Waals surface area contributed by atoms with Gasteiger partial charge in [0.25, 0.3) is 0 Å². The number of carbonyl (C=O) groups is 1. The first-order valence-corrected chi connectivity index (χ1v) is 7.89. The number of rotatable bonds is 6. The van der Waals surface area contributed by atoms with E-state index in [0.717, 1.165) is 5.56 Å². The lowest BCUT2D eigenvalue weighted by Gasteiger charge is -2.18. The molecule has 2 heteroatoms. The summed E-state index contributed by atoms with van der Waals surface area (Å²) in [7, 11) is 0. The van der Waals surface area contributed by atoms with Crippen LogP contribution >= 0.6 is 11.8 Å². The van der Waals surface area contributed by atoms with Crippen molar-refractivity contribution >= 4 is 17.5 Å². The highest BCUT2D eigenvalue weighted by atomic mass is 32.2. The van der Waals surface area contributed by atoms with E-state index in [-0.39, 0.29) is 11.0 Å². The van der Waals surface area contributed by atoms with Gasteiger partial charge in [-0.25, -0.2) is 0 Å². The molecule has 2 rings (SSSR count). The number of Topliss-reactive ketones (excluding diaryl/α,β-unsaturated/α-hetero) is 1. The van der Waals surface area contributed by atoms with Gasteiger partial charge in [0, 0.05) is 17.2 Å². The van der Waals surface area contributed by atoms with Crippen LogP contribution in [0.4, 0.5) is 0 Å². The maximum absolute atomic E-state index is 12.4. The van der Waals surface area contributed by atoms with Crippen LogP contribution in [0.5, 0.6) is 0 Å². The third kappa shape index (κ3) is 4.24. The maximum atomic E-state index is 12.4. The van der Waals surface area contributed by atoms with E-state index >= 15 is 0 Å². The number of benzene rings is 2. The Morgan fingerprint density at radius 2 is 1.50 bits per heavy atom. The van der Waals surface area contributed by atoms with Crippen molar-refractivity contribution in [3.05, 3.63) is 71.8 Å². The summed E-state index contributed by atoms with van der Waals surface area (Å²) in [5.41, 5.74) is 2.04. The summed E-state index contributed by atoms with van der Waals surface area (Å²) in [5.74, 6) is 0.215. The normalized spacial score (nSPS) is 12.3. The van der Waals surface area contributed by atoms with Crippen molar-refractivity contribution in [2.45, 2.75) is 30.8 Å². The van der Waals surface area contributed by atoms with Gasteiger partial charge in [-0.2, -0.15) is 11.8 Å². The Kier molecular flexibility index (Phi) is 5.42. The Labute approximate surface area is 125 Å². The van der Waals surface area contributed by atoms with Gasteiger partial charge < -0.3 is 0 Å². The van der Waals surface area contributed by atoms with Gasteiger partial charge in [0.1, 0.15) is 0 Å². The average Bonchev–Trinajstić information content (AvgIpc) is 2.48. The number of ketones is 1. The molecule has 0 amide bonds. The Balaban J connectivity index is 2.14. The highest BCUT2D eigenvalue weighted by Crippen LogP contribution is 2.35. The maximum Gasteiger partial charge on any atom is 0.164 e. The molecule has 0 unspecified atom stereocenters. The molecule has 0 fully saturated rings. The van der Waals surface area contributed by atoms with Crippen molar-refractivity contribution in [1.29, 1.82) is 0 Å². The van der Waals surface area contributed by atoms with Crippen LogP contribution < -0.4 is 0 Å². The molecule has 0 N–H and O–H groups in total. The quantitative estimate of drug-likeness (QED) is 0.683. The van der Waals surface area contributed by atoms with Crippen molar-refractivity contribution < 1.29 is 4.79 Å². The monoisotopic (exact) mass is 284 g/mol. The molecule has 0 aliphatic heterocycles. The Hall–Kier alpha value is -1.54. The second kappa shape index (κ2) is 7.30. The number of hydrogen-bond donors (Lipinski definition) is 0.